The van der Waals surface area contributed by atoms with Gasteiger partial charge in [-0.2, -0.15) is 0 Å². The van der Waals surface area contributed by atoms with Crippen molar-refractivity contribution < 1.29 is 4.79 Å². The maximum Gasteiger partial charge on any atom is 0.166 e. The molecule has 0 fully saturated rings. The number of carbonyl (C=O) groups is 1. The number of allylic oxidation sites excluding steroid dienone is 4. The van der Waals surface area contributed by atoms with Gasteiger partial charge in [0.2, 0.25) is 0 Å². The van der Waals surface area contributed by atoms with Gasteiger partial charge in [-0.3, -0.25) is 4.79 Å². The zero-order chi connectivity index (χ0) is 9.68. The summed E-state index contributed by atoms with van der Waals surface area (Å²) in [7, 11) is 0. The Morgan fingerprint density at radius 1 is 1.46 bits per heavy atom. The van der Waals surface area contributed by atoms with E-state index >= 15 is 0 Å². The zero-order valence-corrected chi connectivity index (χ0v) is 8.60. The molecule has 0 unspecified atom stereocenters. The van der Waals surface area contributed by atoms with Crippen molar-refractivity contribution in [3.63, 3.8) is 0 Å². The Balaban J connectivity index is 2.41. The van der Waals surface area contributed by atoms with Crippen LogP contribution in [0.1, 0.15) is 46.0 Å². The van der Waals surface area contributed by atoms with Crippen LogP contribution in [0.15, 0.2) is 23.3 Å². The summed E-state index contributed by atoms with van der Waals surface area (Å²) in [5.74, 6) is 0.300. The molecule has 0 heterocycles. The molecule has 1 aliphatic rings. The first-order valence-corrected chi connectivity index (χ1v) is 5.16. The third-order valence-electron chi connectivity index (χ3n) is 2.48. The van der Waals surface area contributed by atoms with Crippen LogP contribution in [-0.2, 0) is 4.79 Å². The van der Waals surface area contributed by atoms with Crippen LogP contribution in [0.5, 0.6) is 0 Å². The monoisotopic (exact) mass is 178 g/mol. The molecule has 0 aromatic heterocycles. The van der Waals surface area contributed by atoms with Crippen molar-refractivity contribution >= 4 is 5.78 Å². The smallest absolute Gasteiger partial charge is 0.166 e. The summed E-state index contributed by atoms with van der Waals surface area (Å²) in [6, 6.07) is 0. The molecule has 72 valence electrons. The number of ketones is 1. The summed E-state index contributed by atoms with van der Waals surface area (Å²) in [5, 5.41) is 0. The first-order chi connectivity index (χ1) is 6.25. The predicted molar refractivity (Wildman–Crippen MR) is 55.6 cm³/mol. The van der Waals surface area contributed by atoms with Crippen LogP contribution in [0.3, 0.4) is 0 Å². The lowest BCUT2D eigenvalue weighted by atomic mass is 10.1. The number of hydrogen-bond acceptors (Lipinski definition) is 1. The molecule has 0 atom stereocenters. The van der Waals surface area contributed by atoms with E-state index < -0.39 is 0 Å². The van der Waals surface area contributed by atoms with E-state index in [2.05, 4.69) is 13.0 Å². The second kappa shape index (κ2) is 5.00. The molecule has 0 N–H and O–H groups in total. The molecule has 1 nitrogen and oxygen atoms in total. The molecule has 0 amide bonds. The van der Waals surface area contributed by atoms with Gasteiger partial charge in [0.15, 0.2) is 5.78 Å². The van der Waals surface area contributed by atoms with Crippen LogP contribution >= 0.6 is 0 Å². The Bertz CT molecular complexity index is 246. The number of unbranched alkanes of at least 4 members (excludes halogenated alkanes) is 3. The summed E-state index contributed by atoms with van der Waals surface area (Å²) < 4.78 is 0. The van der Waals surface area contributed by atoms with E-state index in [0.29, 0.717) is 12.2 Å². The fourth-order valence-corrected chi connectivity index (χ4v) is 1.60. The largest absolute Gasteiger partial charge is 0.294 e. The average Bonchev–Trinajstić information content (AvgIpc) is 2.42. The predicted octanol–water partition coefficient (Wildman–Crippen LogP) is 3.41. The average molecular weight is 178 g/mol. The van der Waals surface area contributed by atoms with Gasteiger partial charge in [0, 0.05) is 12.0 Å². The Labute approximate surface area is 80.5 Å². The Morgan fingerprint density at radius 3 is 2.77 bits per heavy atom. The molecule has 0 saturated carbocycles. The molecule has 0 saturated heterocycles. The first kappa shape index (κ1) is 10.2. The summed E-state index contributed by atoms with van der Waals surface area (Å²) >= 11 is 0. The summed E-state index contributed by atoms with van der Waals surface area (Å²) in [4.78, 5) is 11.3. The van der Waals surface area contributed by atoms with Gasteiger partial charge in [-0.05, 0) is 25.3 Å². The highest BCUT2D eigenvalue weighted by atomic mass is 16.1. The first-order valence-electron chi connectivity index (χ1n) is 5.16. The van der Waals surface area contributed by atoms with Crippen LogP contribution < -0.4 is 0 Å². The Morgan fingerprint density at radius 2 is 2.23 bits per heavy atom. The minimum absolute atomic E-state index is 0.300. The third-order valence-corrected chi connectivity index (χ3v) is 2.48. The molecule has 13 heavy (non-hydrogen) atoms. The van der Waals surface area contributed by atoms with E-state index in [-0.39, 0.29) is 0 Å². The van der Waals surface area contributed by atoms with Crippen LogP contribution in [0, 0.1) is 0 Å². The van der Waals surface area contributed by atoms with E-state index in [1.807, 2.05) is 13.0 Å². The number of Topliss-reactive ketones (excluding diaryl/α,β-unsaturated/α-hetero) is 1. The molecule has 1 aliphatic carbocycles. The normalized spacial score (nSPS) is 19.7. The highest BCUT2D eigenvalue weighted by Gasteiger charge is 2.15. The molecule has 0 aromatic rings. The van der Waals surface area contributed by atoms with E-state index in [1.165, 1.54) is 24.8 Å². The summed E-state index contributed by atoms with van der Waals surface area (Å²) in [6.45, 7) is 4.22. The van der Waals surface area contributed by atoms with Gasteiger partial charge < -0.3 is 0 Å². The maximum absolute atomic E-state index is 11.3. The van der Waals surface area contributed by atoms with E-state index in [4.69, 9.17) is 0 Å². The van der Waals surface area contributed by atoms with Crippen LogP contribution in [-0.4, -0.2) is 5.78 Å². The van der Waals surface area contributed by atoms with Gasteiger partial charge in [0.1, 0.15) is 0 Å². The fraction of sp³-hybridized carbons (Fsp3) is 0.583. The molecule has 0 aliphatic heterocycles. The number of rotatable bonds is 4. The lowest BCUT2D eigenvalue weighted by Crippen LogP contribution is -1.94. The minimum atomic E-state index is 0.300. The zero-order valence-electron chi connectivity index (χ0n) is 8.60. The van der Waals surface area contributed by atoms with Crippen molar-refractivity contribution in [3.05, 3.63) is 23.3 Å². The fourth-order valence-electron chi connectivity index (χ4n) is 1.60. The highest BCUT2D eigenvalue weighted by Crippen LogP contribution is 2.21. The highest BCUT2D eigenvalue weighted by molar-refractivity contribution is 6.03. The van der Waals surface area contributed by atoms with Gasteiger partial charge in [0.25, 0.3) is 0 Å². The molecule has 0 radical (unpaired) electrons. The minimum Gasteiger partial charge on any atom is -0.294 e. The standard InChI is InChI=1S/C12H18O/c1-3-4-5-6-7-11-10(2)8-9-12(11)13/h7-8H,3-6,9H2,1-2H3. The van der Waals surface area contributed by atoms with Gasteiger partial charge >= 0.3 is 0 Å². The van der Waals surface area contributed by atoms with E-state index in [1.54, 1.807) is 0 Å². The molecule has 0 bridgehead atoms. The van der Waals surface area contributed by atoms with E-state index in [0.717, 1.165) is 12.0 Å². The van der Waals surface area contributed by atoms with Gasteiger partial charge in [-0.1, -0.05) is 31.9 Å². The lowest BCUT2D eigenvalue weighted by Gasteiger charge is -1.98. The van der Waals surface area contributed by atoms with Crippen molar-refractivity contribution in [3.8, 4) is 0 Å². The lowest BCUT2D eigenvalue weighted by molar-refractivity contribution is -0.114. The summed E-state index contributed by atoms with van der Waals surface area (Å²) in [5.41, 5.74) is 2.14. The Hall–Kier alpha value is -0.850. The second-order valence-corrected chi connectivity index (χ2v) is 3.63. The quantitative estimate of drug-likeness (QED) is 0.476. The number of hydrogen-bond donors (Lipinski definition) is 0. The maximum atomic E-state index is 11.3. The molecule has 1 heteroatoms. The topological polar surface area (TPSA) is 17.1 Å². The van der Waals surface area contributed by atoms with Crippen LogP contribution in [0.25, 0.3) is 0 Å². The van der Waals surface area contributed by atoms with Crippen molar-refractivity contribution in [2.45, 2.75) is 46.0 Å². The molecule has 0 aromatic carbocycles. The summed E-state index contributed by atoms with van der Waals surface area (Å²) in [6.07, 6.45) is 9.52. The molecule has 0 spiro atoms. The van der Waals surface area contributed by atoms with Crippen molar-refractivity contribution in [1.29, 1.82) is 0 Å². The second-order valence-electron chi connectivity index (χ2n) is 3.63. The molecular weight excluding hydrogens is 160 g/mol. The van der Waals surface area contributed by atoms with Gasteiger partial charge in [0.05, 0.1) is 0 Å². The molecular formula is C12H18O. The Kier molecular flexibility index (Phi) is 3.94. The SMILES string of the molecule is CCCCCC=C1C(=O)CC=C1C. The van der Waals surface area contributed by atoms with Gasteiger partial charge in [-0.25, -0.2) is 0 Å². The van der Waals surface area contributed by atoms with Crippen molar-refractivity contribution in [2.75, 3.05) is 0 Å². The molecule has 1 rings (SSSR count). The third kappa shape index (κ3) is 2.83. The van der Waals surface area contributed by atoms with E-state index in [9.17, 15) is 4.79 Å². The van der Waals surface area contributed by atoms with Crippen LogP contribution in [0.2, 0.25) is 0 Å². The van der Waals surface area contributed by atoms with Crippen LogP contribution in [0.4, 0.5) is 0 Å². The number of carbonyl (C=O) groups excluding carboxylic acids is 1. The van der Waals surface area contributed by atoms with Gasteiger partial charge in [-0.15, -0.1) is 0 Å². The van der Waals surface area contributed by atoms with Crippen molar-refractivity contribution in [2.24, 2.45) is 0 Å². The van der Waals surface area contributed by atoms with Crippen molar-refractivity contribution in [1.82, 2.24) is 0 Å².